The number of hydrogen-bond donors (Lipinski definition) is 1. The fraction of sp³-hybridized carbons (Fsp3) is 1.00. The van der Waals surface area contributed by atoms with E-state index in [1.165, 1.54) is 0 Å². The Labute approximate surface area is 81.3 Å². The van der Waals surface area contributed by atoms with Gasteiger partial charge in [-0.1, -0.05) is 6.92 Å². The van der Waals surface area contributed by atoms with Gasteiger partial charge in [0.05, 0.1) is 0 Å². The molecule has 1 atom stereocenters. The lowest BCUT2D eigenvalue weighted by atomic mass is 10.1. The van der Waals surface area contributed by atoms with Crippen LogP contribution in [-0.2, 0) is 0 Å². The van der Waals surface area contributed by atoms with Crippen molar-refractivity contribution in [2.75, 3.05) is 11.5 Å². The molecule has 0 aromatic carbocycles. The molecular weight excluding hydrogens is 199 g/mol. The highest BCUT2D eigenvalue weighted by Gasteiger charge is 2.26. The molecule has 5 heteroatoms. The summed E-state index contributed by atoms with van der Waals surface area (Å²) in [6, 6.07) is -0.0905. The zero-order valence-electron chi connectivity index (χ0n) is 7.73. The molecule has 0 fully saturated rings. The quantitative estimate of drug-likeness (QED) is 0.737. The van der Waals surface area contributed by atoms with Crippen LogP contribution >= 0.6 is 11.8 Å². The molecule has 80 valence electrons. The van der Waals surface area contributed by atoms with Crippen molar-refractivity contribution >= 4 is 11.8 Å². The second kappa shape index (κ2) is 6.54. The summed E-state index contributed by atoms with van der Waals surface area (Å²) >= 11 is 1.67. The maximum atomic E-state index is 11.7. The SMILES string of the molecule is CCSCC(N)CCCC(F)(F)F. The first-order chi connectivity index (χ1) is 5.95. The van der Waals surface area contributed by atoms with Crippen molar-refractivity contribution in [1.82, 2.24) is 0 Å². The zero-order valence-corrected chi connectivity index (χ0v) is 8.55. The number of rotatable bonds is 6. The van der Waals surface area contributed by atoms with Crippen LogP contribution in [0.1, 0.15) is 26.2 Å². The van der Waals surface area contributed by atoms with E-state index in [1.807, 2.05) is 6.92 Å². The fourth-order valence-electron chi connectivity index (χ4n) is 0.917. The van der Waals surface area contributed by atoms with Gasteiger partial charge in [-0.25, -0.2) is 0 Å². The molecule has 2 N–H and O–H groups in total. The van der Waals surface area contributed by atoms with Crippen LogP contribution in [-0.4, -0.2) is 23.7 Å². The highest BCUT2D eigenvalue weighted by atomic mass is 32.2. The zero-order chi connectivity index (χ0) is 10.3. The largest absolute Gasteiger partial charge is 0.389 e. The summed E-state index contributed by atoms with van der Waals surface area (Å²) in [7, 11) is 0. The van der Waals surface area contributed by atoms with Gasteiger partial charge in [0, 0.05) is 18.2 Å². The third-order valence-corrected chi connectivity index (χ3v) is 2.64. The minimum Gasteiger partial charge on any atom is -0.327 e. The summed E-state index contributed by atoms with van der Waals surface area (Å²) < 4.78 is 35.1. The molecule has 0 rings (SSSR count). The van der Waals surface area contributed by atoms with E-state index < -0.39 is 12.6 Å². The van der Waals surface area contributed by atoms with Crippen molar-refractivity contribution in [2.45, 2.75) is 38.4 Å². The lowest BCUT2D eigenvalue weighted by molar-refractivity contribution is -0.135. The van der Waals surface area contributed by atoms with Crippen LogP contribution in [0, 0.1) is 0 Å². The van der Waals surface area contributed by atoms with Crippen molar-refractivity contribution in [1.29, 1.82) is 0 Å². The first-order valence-electron chi connectivity index (χ1n) is 4.35. The third kappa shape index (κ3) is 10.0. The van der Waals surface area contributed by atoms with Crippen molar-refractivity contribution < 1.29 is 13.2 Å². The van der Waals surface area contributed by atoms with Crippen molar-refractivity contribution in [2.24, 2.45) is 5.73 Å². The smallest absolute Gasteiger partial charge is 0.327 e. The molecule has 0 aliphatic heterocycles. The van der Waals surface area contributed by atoms with Crippen LogP contribution in [0.15, 0.2) is 0 Å². The van der Waals surface area contributed by atoms with Gasteiger partial charge in [-0.2, -0.15) is 24.9 Å². The van der Waals surface area contributed by atoms with Crippen LogP contribution in [0.3, 0.4) is 0 Å². The Bertz CT molecular complexity index is 127. The monoisotopic (exact) mass is 215 g/mol. The summed E-state index contributed by atoms with van der Waals surface area (Å²) in [5.74, 6) is 1.72. The minimum absolute atomic E-state index is 0.0905. The molecule has 0 saturated heterocycles. The van der Waals surface area contributed by atoms with Gasteiger partial charge in [0.2, 0.25) is 0 Å². The number of halogens is 3. The van der Waals surface area contributed by atoms with E-state index in [9.17, 15) is 13.2 Å². The average molecular weight is 215 g/mol. The maximum absolute atomic E-state index is 11.7. The molecule has 0 aliphatic carbocycles. The van der Waals surface area contributed by atoms with Crippen LogP contribution < -0.4 is 5.73 Å². The second-order valence-electron chi connectivity index (χ2n) is 2.93. The molecule has 0 aliphatic rings. The molecule has 0 spiro atoms. The number of thioether (sulfide) groups is 1. The summed E-state index contributed by atoms with van der Waals surface area (Å²) in [6.45, 7) is 2.01. The molecule has 0 bridgehead atoms. The first kappa shape index (κ1) is 13.1. The van der Waals surface area contributed by atoms with Crippen LogP contribution in [0.5, 0.6) is 0 Å². The Morgan fingerprint density at radius 1 is 1.38 bits per heavy atom. The van der Waals surface area contributed by atoms with E-state index in [1.54, 1.807) is 11.8 Å². The maximum Gasteiger partial charge on any atom is 0.389 e. The van der Waals surface area contributed by atoms with Crippen molar-refractivity contribution in [3.63, 3.8) is 0 Å². The van der Waals surface area contributed by atoms with Gasteiger partial charge in [-0.15, -0.1) is 0 Å². The summed E-state index contributed by atoms with van der Waals surface area (Å²) in [4.78, 5) is 0. The lowest BCUT2D eigenvalue weighted by Crippen LogP contribution is -2.23. The fourth-order valence-corrected chi connectivity index (χ4v) is 1.62. The molecule has 0 aromatic rings. The van der Waals surface area contributed by atoms with Crippen molar-refractivity contribution in [3.05, 3.63) is 0 Å². The Morgan fingerprint density at radius 2 is 2.00 bits per heavy atom. The Hall–Kier alpha value is 0.100. The van der Waals surface area contributed by atoms with Gasteiger partial charge in [-0.05, 0) is 18.6 Å². The Morgan fingerprint density at radius 3 is 2.46 bits per heavy atom. The topological polar surface area (TPSA) is 26.0 Å². The molecule has 0 aromatic heterocycles. The molecule has 13 heavy (non-hydrogen) atoms. The normalized spacial score (nSPS) is 14.5. The number of hydrogen-bond acceptors (Lipinski definition) is 2. The minimum atomic E-state index is -4.03. The number of alkyl halides is 3. The molecule has 1 unspecified atom stereocenters. The van der Waals surface area contributed by atoms with Crippen LogP contribution in [0.4, 0.5) is 13.2 Å². The van der Waals surface area contributed by atoms with E-state index in [2.05, 4.69) is 0 Å². The van der Waals surface area contributed by atoms with Gasteiger partial charge >= 0.3 is 6.18 Å². The Balaban J connectivity index is 3.31. The average Bonchev–Trinajstić information content (AvgIpc) is 1.98. The molecule has 0 heterocycles. The summed E-state index contributed by atoms with van der Waals surface area (Å²) in [5, 5.41) is 0. The number of nitrogens with two attached hydrogens (primary N) is 1. The standard InChI is InChI=1S/C8H16F3NS/c1-2-13-6-7(12)4-3-5-8(9,10)11/h7H,2-6,12H2,1H3. The lowest BCUT2D eigenvalue weighted by Gasteiger charge is -2.11. The van der Waals surface area contributed by atoms with E-state index in [-0.39, 0.29) is 12.5 Å². The highest BCUT2D eigenvalue weighted by Crippen LogP contribution is 2.22. The van der Waals surface area contributed by atoms with Crippen LogP contribution in [0.2, 0.25) is 0 Å². The summed E-state index contributed by atoms with van der Waals surface area (Å²) in [6.07, 6.45) is -4.13. The van der Waals surface area contributed by atoms with Crippen molar-refractivity contribution in [3.8, 4) is 0 Å². The van der Waals surface area contributed by atoms with Gasteiger partial charge in [0.25, 0.3) is 0 Å². The molecule has 0 amide bonds. The van der Waals surface area contributed by atoms with E-state index in [4.69, 9.17) is 5.73 Å². The first-order valence-corrected chi connectivity index (χ1v) is 5.51. The molecule has 1 nitrogen and oxygen atoms in total. The van der Waals surface area contributed by atoms with Crippen LogP contribution in [0.25, 0.3) is 0 Å². The molecule has 0 radical (unpaired) electrons. The molecular formula is C8H16F3NS. The third-order valence-electron chi connectivity index (χ3n) is 1.57. The molecule has 0 saturated carbocycles. The van der Waals surface area contributed by atoms with E-state index in [0.29, 0.717) is 6.42 Å². The van der Waals surface area contributed by atoms with Gasteiger partial charge in [-0.3, -0.25) is 0 Å². The Kier molecular flexibility index (Phi) is 6.59. The summed E-state index contributed by atoms with van der Waals surface area (Å²) in [5.41, 5.74) is 5.60. The van der Waals surface area contributed by atoms with Gasteiger partial charge in [0.1, 0.15) is 0 Å². The van der Waals surface area contributed by atoms with E-state index in [0.717, 1.165) is 11.5 Å². The predicted octanol–water partition coefficient (Wildman–Crippen LogP) is 2.80. The van der Waals surface area contributed by atoms with Gasteiger partial charge in [0.15, 0.2) is 0 Å². The highest BCUT2D eigenvalue weighted by molar-refractivity contribution is 7.99. The van der Waals surface area contributed by atoms with E-state index >= 15 is 0 Å². The van der Waals surface area contributed by atoms with Gasteiger partial charge < -0.3 is 5.73 Å². The predicted molar refractivity (Wildman–Crippen MR) is 50.9 cm³/mol. The second-order valence-corrected chi connectivity index (χ2v) is 4.25.